The van der Waals surface area contributed by atoms with Crippen molar-refractivity contribution in [2.24, 2.45) is 0 Å². The van der Waals surface area contributed by atoms with Crippen LogP contribution in [0.15, 0.2) is 36.9 Å². The first-order chi connectivity index (χ1) is 13.1. The van der Waals surface area contributed by atoms with Gasteiger partial charge in [-0.05, 0) is 31.5 Å². The molecule has 1 aliphatic heterocycles. The largest absolute Gasteiger partial charge is 0.347 e. The van der Waals surface area contributed by atoms with E-state index in [2.05, 4.69) is 38.9 Å². The summed E-state index contributed by atoms with van der Waals surface area (Å²) in [4.78, 5) is 26.6. The van der Waals surface area contributed by atoms with Crippen molar-refractivity contribution in [3.63, 3.8) is 0 Å². The van der Waals surface area contributed by atoms with Crippen molar-refractivity contribution in [2.45, 2.75) is 26.4 Å². The van der Waals surface area contributed by atoms with E-state index < -0.39 is 0 Å². The molecule has 0 radical (unpaired) electrons. The smallest absolute Gasteiger partial charge is 0.263 e. The molecule has 4 heterocycles. The summed E-state index contributed by atoms with van der Waals surface area (Å²) in [5.74, 6) is -0.0808. The van der Waals surface area contributed by atoms with Gasteiger partial charge >= 0.3 is 0 Å². The predicted molar refractivity (Wildman–Crippen MR) is 107 cm³/mol. The third kappa shape index (κ3) is 3.96. The minimum atomic E-state index is -0.0808. The van der Waals surface area contributed by atoms with Crippen LogP contribution in [-0.4, -0.2) is 57.4 Å². The number of pyridine rings is 1. The summed E-state index contributed by atoms with van der Waals surface area (Å²) in [5.41, 5.74) is 1.90. The third-order valence-corrected chi connectivity index (χ3v) is 6.00. The van der Waals surface area contributed by atoms with Crippen LogP contribution in [0.2, 0.25) is 0 Å². The summed E-state index contributed by atoms with van der Waals surface area (Å²) in [6.07, 6.45) is 7.29. The molecule has 0 spiro atoms. The van der Waals surface area contributed by atoms with Crippen molar-refractivity contribution in [3.8, 4) is 0 Å². The van der Waals surface area contributed by atoms with Gasteiger partial charge in [-0.15, -0.1) is 0 Å². The van der Waals surface area contributed by atoms with Gasteiger partial charge in [0.2, 0.25) is 0 Å². The Labute approximate surface area is 162 Å². The van der Waals surface area contributed by atoms with E-state index in [9.17, 15) is 4.79 Å². The fourth-order valence-corrected chi connectivity index (χ4v) is 4.16. The molecular formula is C19H24N6OS. The van der Waals surface area contributed by atoms with E-state index in [0.717, 1.165) is 42.5 Å². The number of nitrogens with zero attached hydrogens (tertiary/aromatic N) is 5. The highest BCUT2D eigenvalue weighted by molar-refractivity contribution is 7.17. The number of hydrogen-bond acceptors (Lipinski definition) is 6. The number of carbonyl (C=O) groups excluding carboxylic acids is 1. The number of carbonyl (C=O) groups is 1. The molecule has 4 rings (SSSR count). The van der Waals surface area contributed by atoms with Gasteiger partial charge in [-0.25, -0.2) is 9.97 Å². The van der Waals surface area contributed by atoms with Crippen LogP contribution in [0.5, 0.6) is 0 Å². The molecule has 27 heavy (non-hydrogen) atoms. The van der Waals surface area contributed by atoms with Crippen molar-refractivity contribution >= 4 is 28.0 Å². The molecule has 1 aliphatic rings. The Morgan fingerprint density at radius 1 is 1.22 bits per heavy atom. The first-order valence-corrected chi connectivity index (χ1v) is 10.1. The number of anilines is 1. The van der Waals surface area contributed by atoms with Gasteiger partial charge in [-0.3, -0.25) is 9.69 Å². The molecule has 3 aromatic rings. The van der Waals surface area contributed by atoms with Crippen LogP contribution in [0.3, 0.4) is 0 Å². The van der Waals surface area contributed by atoms with E-state index in [0.29, 0.717) is 17.5 Å². The average Bonchev–Trinajstić information content (AvgIpc) is 3.35. The highest BCUT2D eigenvalue weighted by Gasteiger charge is 2.21. The Morgan fingerprint density at radius 3 is 2.81 bits per heavy atom. The lowest BCUT2D eigenvalue weighted by atomic mass is 10.2. The van der Waals surface area contributed by atoms with Crippen molar-refractivity contribution in [2.75, 3.05) is 31.1 Å². The van der Waals surface area contributed by atoms with Crippen molar-refractivity contribution < 1.29 is 4.79 Å². The summed E-state index contributed by atoms with van der Waals surface area (Å²) in [6, 6.07) is 4.54. The van der Waals surface area contributed by atoms with E-state index in [1.807, 2.05) is 28.9 Å². The van der Waals surface area contributed by atoms with Crippen LogP contribution in [0.25, 0.3) is 5.65 Å². The van der Waals surface area contributed by atoms with Crippen LogP contribution in [0.1, 0.15) is 29.1 Å². The van der Waals surface area contributed by atoms with Crippen LogP contribution in [-0.2, 0) is 6.54 Å². The summed E-state index contributed by atoms with van der Waals surface area (Å²) < 4.78 is 1.94. The number of nitrogens with one attached hydrogen (secondary N) is 1. The molecule has 0 aliphatic carbocycles. The van der Waals surface area contributed by atoms with Gasteiger partial charge in [0.15, 0.2) is 5.13 Å². The van der Waals surface area contributed by atoms with E-state index in [1.165, 1.54) is 11.3 Å². The summed E-state index contributed by atoms with van der Waals surface area (Å²) >= 11 is 1.46. The molecule has 7 nitrogen and oxygen atoms in total. The van der Waals surface area contributed by atoms with Gasteiger partial charge in [0, 0.05) is 57.4 Å². The minimum Gasteiger partial charge on any atom is -0.347 e. The van der Waals surface area contributed by atoms with Gasteiger partial charge < -0.3 is 14.6 Å². The molecule has 0 atom stereocenters. The van der Waals surface area contributed by atoms with Gasteiger partial charge in [0.1, 0.15) is 10.5 Å². The number of rotatable bonds is 5. The number of imidazole rings is 1. The molecular weight excluding hydrogens is 360 g/mol. The SMILES string of the molecule is CC(C)N1CCN(c2ncc(C(=O)NCc3ccn4ccnc4c3)s2)CC1. The van der Waals surface area contributed by atoms with Gasteiger partial charge in [0.05, 0.1) is 6.20 Å². The maximum Gasteiger partial charge on any atom is 0.263 e. The van der Waals surface area contributed by atoms with E-state index >= 15 is 0 Å². The van der Waals surface area contributed by atoms with Crippen LogP contribution in [0, 0.1) is 0 Å². The molecule has 8 heteroatoms. The lowest BCUT2D eigenvalue weighted by Gasteiger charge is -2.36. The summed E-state index contributed by atoms with van der Waals surface area (Å²) in [5, 5.41) is 3.91. The fourth-order valence-electron chi connectivity index (χ4n) is 3.28. The van der Waals surface area contributed by atoms with Crippen molar-refractivity contribution in [1.29, 1.82) is 0 Å². The number of thiazole rings is 1. The Kier molecular flexibility index (Phi) is 5.09. The highest BCUT2D eigenvalue weighted by Crippen LogP contribution is 2.24. The Bertz CT molecular complexity index is 925. The first kappa shape index (κ1) is 17.9. The molecule has 0 saturated carbocycles. The zero-order valence-electron chi connectivity index (χ0n) is 15.6. The molecule has 3 aromatic heterocycles. The molecule has 0 aromatic carbocycles. The van der Waals surface area contributed by atoms with Crippen LogP contribution in [0.4, 0.5) is 5.13 Å². The second kappa shape index (κ2) is 7.66. The molecule has 0 unspecified atom stereocenters. The monoisotopic (exact) mass is 384 g/mol. The van der Waals surface area contributed by atoms with Crippen LogP contribution < -0.4 is 10.2 Å². The molecule has 1 N–H and O–H groups in total. The van der Waals surface area contributed by atoms with E-state index in [4.69, 9.17) is 0 Å². The standard InChI is InChI=1S/C19H24N6OS/c1-14(2)23-7-9-25(10-8-23)19-22-13-16(27-19)18(26)21-12-15-3-5-24-6-4-20-17(24)11-15/h3-6,11,13-14H,7-10,12H2,1-2H3,(H,21,26). The normalized spacial score (nSPS) is 15.6. The maximum absolute atomic E-state index is 12.5. The second-order valence-electron chi connectivity index (χ2n) is 7.03. The summed E-state index contributed by atoms with van der Waals surface area (Å²) in [7, 11) is 0. The Balaban J connectivity index is 1.34. The van der Waals surface area contributed by atoms with Gasteiger partial charge in [-0.2, -0.15) is 0 Å². The molecule has 142 valence electrons. The second-order valence-corrected chi connectivity index (χ2v) is 8.04. The average molecular weight is 385 g/mol. The van der Waals surface area contributed by atoms with Gasteiger partial charge in [-0.1, -0.05) is 11.3 Å². The zero-order chi connectivity index (χ0) is 18.8. The van der Waals surface area contributed by atoms with Gasteiger partial charge in [0.25, 0.3) is 5.91 Å². The number of aromatic nitrogens is 3. The molecule has 1 fully saturated rings. The van der Waals surface area contributed by atoms with Crippen LogP contribution >= 0.6 is 11.3 Å². The predicted octanol–water partition coefficient (Wildman–Crippen LogP) is 2.25. The van der Waals surface area contributed by atoms with Crippen molar-refractivity contribution in [1.82, 2.24) is 24.6 Å². The summed E-state index contributed by atoms with van der Waals surface area (Å²) in [6.45, 7) is 8.91. The lowest BCUT2D eigenvalue weighted by Crippen LogP contribution is -2.48. The van der Waals surface area contributed by atoms with E-state index in [1.54, 1.807) is 12.4 Å². The minimum absolute atomic E-state index is 0.0808. The highest BCUT2D eigenvalue weighted by atomic mass is 32.1. The molecule has 1 amide bonds. The maximum atomic E-state index is 12.5. The lowest BCUT2D eigenvalue weighted by molar-refractivity contribution is 0.0954. The third-order valence-electron chi connectivity index (χ3n) is 4.95. The number of hydrogen-bond donors (Lipinski definition) is 1. The number of piperazine rings is 1. The Morgan fingerprint density at radius 2 is 2.04 bits per heavy atom. The zero-order valence-corrected chi connectivity index (χ0v) is 16.4. The van der Waals surface area contributed by atoms with E-state index in [-0.39, 0.29) is 5.91 Å². The fraction of sp³-hybridized carbons (Fsp3) is 0.421. The molecule has 0 bridgehead atoms. The van der Waals surface area contributed by atoms with Crippen molar-refractivity contribution in [3.05, 3.63) is 47.4 Å². The number of amides is 1. The topological polar surface area (TPSA) is 65.8 Å². The first-order valence-electron chi connectivity index (χ1n) is 9.25. The number of fused-ring (bicyclic) bond motifs is 1. The quantitative estimate of drug-likeness (QED) is 0.731. The molecule has 1 saturated heterocycles. The Hall–Kier alpha value is -2.45.